The van der Waals surface area contributed by atoms with Gasteiger partial charge in [-0.05, 0) is 117 Å². The van der Waals surface area contributed by atoms with Gasteiger partial charge in [-0.2, -0.15) is 0 Å². The topological polar surface area (TPSA) is 33.5 Å². The highest BCUT2D eigenvalue weighted by atomic mass is 16.5. The highest BCUT2D eigenvalue weighted by molar-refractivity contribution is 6.09. The lowest BCUT2D eigenvalue weighted by molar-refractivity contribution is 0.334. The largest absolute Gasteiger partial charge is 0.457 e. The van der Waals surface area contributed by atoms with Crippen molar-refractivity contribution in [2.24, 2.45) is 0 Å². The van der Waals surface area contributed by atoms with Gasteiger partial charge in [0.1, 0.15) is 23.1 Å². The number of benzene rings is 4. The van der Waals surface area contributed by atoms with Gasteiger partial charge in [-0.1, -0.05) is 48.6 Å². The van der Waals surface area contributed by atoms with Crippen LogP contribution in [0.3, 0.4) is 0 Å². The molecule has 2 aliphatic heterocycles. The van der Waals surface area contributed by atoms with E-state index >= 15 is 0 Å². The molecule has 8 rings (SSSR count). The summed E-state index contributed by atoms with van der Waals surface area (Å²) in [6, 6.07) is 32.6. The van der Waals surface area contributed by atoms with Crippen molar-refractivity contribution in [3.05, 3.63) is 150 Å². The van der Waals surface area contributed by atoms with Crippen LogP contribution < -0.4 is 4.74 Å². The molecular weight excluding hydrogens is 576 g/mol. The average molecular weight is 615 g/mol. The molecule has 0 amide bonds. The minimum Gasteiger partial charge on any atom is -0.457 e. The van der Waals surface area contributed by atoms with E-state index in [4.69, 9.17) is 9.72 Å². The second kappa shape index (κ2) is 11.4. The maximum absolute atomic E-state index is 6.83. The van der Waals surface area contributed by atoms with Crippen molar-refractivity contribution in [2.75, 3.05) is 6.54 Å². The van der Waals surface area contributed by atoms with E-state index in [9.17, 15) is 0 Å². The van der Waals surface area contributed by atoms with Crippen LogP contribution in [-0.4, -0.2) is 31.9 Å². The fourth-order valence-corrected chi connectivity index (χ4v) is 7.20. The van der Waals surface area contributed by atoms with Gasteiger partial charge in [0.05, 0.1) is 16.7 Å². The fourth-order valence-electron chi connectivity index (χ4n) is 7.20. The normalized spacial score (nSPS) is 14.3. The molecule has 0 saturated carbocycles. The van der Waals surface area contributed by atoms with Gasteiger partial charge in [-0.15, -0.1) is 0 Å². The van der Waals surface area contributed by atoms with Gasteiger partial charge in [-0.25, -0.2) is 4.98 Å². The van der Waals surface area contributed by atoms with Gasteiger partial charge in [0.25, 0.3) is 0 Å². The molecule has 4 aromatic carbocycles. The van der Waals surface area contributed by atoms with Gasteiger partial charge < -0.3 is 14.5 Å². The van der Waals surface area contributed by atoms with E-state index in [1.165, 1.54) is 44.5 Å². The lowest BCUT2D eigenvalue weighted by Gasteiger charge is -2.31. The van der Waals surface area contributed by atoms with Crippen LogP contribution in [0.2, 0.25) is 0 Å². The van der Waals surface area contributed by atoms with E-state index in [1.807, 2.05) is 12.3 Å². The molecule has 232 valence electrons. The van der Waals surface area contributed by atoms with Crippen LogP contribution in [0.25, 0.3) is 44.4 Å². The van der Waals surface area contributed by atoms with Crippen LogP contribution in [0, 0.1) is 20.8 Å². The molecule has 0 bridgehead atoms. The molecule has 4 heterocycles. The number of rotatable bonds is 6. The quantitative estimate of drug-likeness (QED) is 0.187. The summed E-state index contributed by atoms with van der Waals surface area (Å²) in [6.45, 7) is 11.8. The van der Waals surface area contributed by atoms with Crippen molar-refractivity contribution in [2.45, 2.75) is 40.7 Å². The maximum atomic E-state index is 6.83. The standard InChI is InChI=1S/C42H38N4O/c1-27(2)45-39(26-44-20-9-8-15-41(44)45)31-22-32(42-29(4)11-10-12-30(42)5)24-34(23-31)47-33-16-17-36-35-13-6-7-14-37(35)46(38(36)25-33)40-21-28(3)18-19-43-40/h6-19,21-27H,20H2,1-5H3. The second-order valence-electron chi connectivity index (χ2n) is 12.9. The zero-order valence-electron chi connectivity index (χ0n) is 27.5. The minimum atomic E-state index is 0.289. The summed E-state index contributed by atoms with van der Waals surface area (Å²) in [4.78, 5) is 9.52. The Hall–Kier alpha value is -5.55. The van der Waals surface area contributed by atoms with Crippen molar-refractivity contribution in [1.82, 2.24) is 19.4 Å². The van der Waals surface area contributed by atoms with Crippen molar-refractivity contribution < 1.29 is 4.74 Å². The zero-order chi connectivity index (χ0) is 32.2. The first-order valence-electron chi connectivity index (χ1n) is 16.4. The van der Waals surface area contributed by atoms with E-state index in [2.05, 4.69) is 158 Å². The summed E-state index contributed by atoms with van der Waals surface area (Å²) in [6.07, 6.45) is 10.7. The molecule has 0 aliphatic carbocycles. The monoisotopic (exact) mass is 614 g/mol. The molecule has 5 nitrogen and oxygen atoms in total. The minimum absolute atomic E-state index is 0.289. The van der Waals surface area contributed by atoms with E-state index < -0.39 is 0 Å². The number of aryl methyl sites for hydroxylation is 3. The summed E-state index contributed by atoms with van der Waals surface area (Å²) in [5.41, 5.74) is 10.5. The summed E-state index contributed by atoms with van der Waals surface area (Å²) >= 11 is 0. The van der Waals surface area contributed by atoms with E-state index in [-0.39, 0.29) is 6.04 Å². The van der Waals surface area contributed by atoms with Crippen LogP contribution in [0.1, 0.15) is 36.1 Å². The number of nitrogens with zero attached hydrogens (tertiary/aromatic N) is 4. The number of ether oxygens (including phenoxy) is 1. The summed E-state index contributed by atoms with van der Waals surface area (Å²) in [7, 11) is 0. The number of para-hydroxylation sites is 1. The molecule has 2 aromatic heterocycles. The lowest BCUT2D eigenvalue weighted by atomic mass is 9.93. The first-order valence-corrected chi connectivity index (χ1v) is 16.4. The van der Waals surface area contributed by atoms with Crippen LogP contribution in [0.5, 0.6) is 11.5 Å². The van der Waals surface area contributed by atoms with Crippen molar-refractivity contribution in [1.29, 1.82) is 0 Å². The molecule has 5 heteroatoms. The Kier molecular flexibility index (Phi) is 6.98. The average Bonchev–Trinajstić information content (AvgIpc) is 3.61. The number of fused-ring (bicyclic) bond motifs is 4. The third-order valence-corrected chi connectivity index (χ3v) is 9.26. The Labute approximate surface area is 276 Å². The molecular formula is C42H38N4O. The highest BCUT2D eigenvalue weighted by Gasteiger charge is 2.30. The molecule has 0 N–H and O–H groups in total. The van der Waals surface area contributed by atoms with Crippen LogP contribution in [0.4, 0.5) is 0 Å². The maximum Gasteiger partial charge on any atom is 0.137 e. The predicted molar refractivity (Wildman–Crippen MR) is 194 cm³/mol. The van der Waals surface area contributed by atoms with Gasteiger partial charge in [0.2, 0.25) is 0 Å². The first kappa shape index (κ1) is 28.9. The molecule has 0 saturated heterocycles. The van der Waals surface area contributed by atoms with E-state index in [1.54, 1.807) is 0 Å². The molecule has 0 atom stereocenters. The summed E-state index contributed by atoms with van der Waals surface area (Å²) < 4.78 is 9.07. The first-order chi connectivity index (χ1) is 22.9. The van der Waals surface area contributed by atoms with Crippen LogP contribution in [-0.2, 0) is 0 Å². The number of allylic oxidation sites excluding steroid dienone is 2. The Morgan fingerprint density at radius 2 is 1.53 bits per heavy atom. The van der Waals surface area contributed by atoms with Crippen molar-refractivity contribution in [3.63, 3.8) is 0 Å². The Morgan fingerprint density at radius 1 is 0.745 bits per heavy atom. The molecule has 2 aliphatic rings. The Bertz CT molecular complexity index is 2270. The number of pyridine rings is 1. The van der Waals surface area contributed by atoms with Gasteiger partial charge in [-0.3, -0.25) is 4.57 Å². The third-order valence-electron chi connectivity index (χ3n) is 9.26. The van der Waals surface area contributed by atoms with E-state index in [0.717, 1.165) is 46.0 Å². The molecule has 0 spiro atoms. The highest BCUT2D eigenvalue weighted by Crippen LogP contribution is 2.41. The number of hydrogen-bond acceptors (Lipinski definition) is 4. The zero-order valence-corrected chi connectivity index (χ0v) is 27.5. The van der Waals surface area contributed by atoms with Crippen molar-refractivity contribution in [3.8, 4) is 28.4 Å². The summed E-state index contributed by atoms with van der Waals surface area (Å²) in [5, 5.41) is 2.36. The van der Waals surface area contributed by atoms with Crippen molar-refractivity contribution >= 4 is 27.5 Å². The predicted octanol–water partition coefficient (Wildman–Crippen LogP) is 10.3. The number of hydrogen-bond donors (Lipinski definition) is 0. The molecule has 47 heavy (non-hydrogen) atoms. The molecule has 0 radical (unpaired) electrons. The second-order valence-corrected chi connectivity index (χ2v) is 12.9. The molecule has 6 aromatic rings. The van der Waals surface area contributed by atoms with Gasteiger partial charge in [0, 0.05) is 47.4 Å². The summed E-state index contributed by atoms with van der Waals surface area (Å²) in [5.74, 6) is 3.69. The SMILES string of the molecule is Cc1ccnc(-n2c3ccccc3c3ccc(Oc4cc(C5=CN6CC=CC=C6N5C(C)C)cc(-c5c(C)cccc5C)c4)cc32)c1. The van der Waals surface area contributed by atoms with Crippen LogP contribution in [0.15, 0.2) is 127 Å². The van der Waals surface area contributed by atoms with Crippen LogP contribution >= 0.6 is 0 Å². The third kappa shape index (κ3) is 4.99. The van der Waals surface area contributed by atoms with Gasteiger partial charge >= 0.3 is 0 Å². The lowest BCUT2D eigenvalue weighted by Crippen LogP contribution is -2.31. The van der Waals surface area contributed by atoms with Gasteiger partial charge in [0.15, 0.2) is 0 Å². The fraction of sp³-hybridized carbons (Fsp3) is 0.167. The Morgan fingerprint density at radius 3 is 2.34 bits per heavy atom. The number of aromatic nitrogens is 2. The Balaban J connectivity index is 1.28. The smallest absolute Gasteiger partial charge is 0.137 e. The molecule has 0 fully saturated rings. The molecule has 0 unspecified atom stereocenters. The van der Waals surface area contributed by atoms with E-state index in [0.29, 0.717) is 0 Å².